The Bertz CT molecular complexity index is 409. The van der Waals surface area contributed by atoms with Gasteiger partial charge in [-0.05, 0) is 31.4 Å². The SMILES string of the molecule is N[C@@H](CCCCNC(=O)Cc1ccccn1)C(=O)O. The van der Waals surface area contributed by atoms with Crippen LogP contribution in [0.2, 0.25) is 0 Å². The summed E-state index contributed by atoms with van der Waals surface area (Å²) in [6, 6.07) is 4.62. The van der Waals surface area contributed by atoms with Crippen LogP contribution >= 0.6 is 0 Å². The van der Waals surface area contributed by atoms with Gasteiger partial charge < -0.3 is 16.2 Å². The first-order chi connectivity index (χ1) is 9.09. The molecule has 0 aliphatic rings. The number of nitrogens with two attached hydrogens (primary N) is 1. The molecule has 0 aromatic carbocycles. The molecular weight excluding hydrogens is 246 g/mol. The number of unbranched alkanes of at least 4 members (excludes halogenated alkanes) is 1. The Balaban J connectivity index is 2.10. The second kappa shape index (κ2) is 8.20. The van der Waals surface area contributed by atoms with E-state index in [9.17, 15) is 9.59 Å². The van der Waals surface area contributed by atoms with Crippen LogP contribution in [0.25, 0.3) is 0 Å². The maximum atomic E-state index is 11.5. The largest absolute Gasteiger partial charge is 0.480 e. The third-order valence-electron chi connectivity index (χ3n) is 2.65. The average Bonchev–Trinajstić information content (AvgIpc) is 2.39. The number of nitrogens with one attached hydrogen (secondary N) is 1. The molecule has 104 valence electrons. The van der Waals surface area contributed by atoms with E-state index < -0.39 is 12.0 Å². The molecule has 0 saturated heterocycles. The van der Waals surface area contributed by atoms with Crippen LogP contribution in [0.1, 0.15) is 25.0 Å². The topological polar surface area (TPSA) is 105 Å². The molecule has 0 aliphatic carbocycles. The van der Waals surface area contributed by atoms with Crippen molar-refractivity contribution in [2.24, 2.45) is 5.73 Å². The number of hydrogen-bond acceptors (Lipinski definition) is 4. The minimum atomic E-state index is -0.987. The van der Waals surface area contributed by atoms with Gasteiger partial charge in [-0.2, -0.15) is 0 Å². The summed E-state index contributed by atoms with van der Waals surface area (Å²) in [4.78, 5) is 26.1. The molecule has 1 amide bonds. The van der Waals surface area contributed by atoms with Crippen LogP contribution in [0.15, 0.2) is 24.4 Å². The number of aliphatic carboxylic acids is 1. The molecule has 1 heterocycles. The van der Waals surface area contributed by atoms with E-state index in [-0.39, 0.29) is 12.3 Å². The van der Waals surface area contributed by atoms with E-state index >= 15 is 0 Å². The van der Waals surface area contributed by atoms with Gasteiger partial charge in [0.2, 0.25) is 5.91 Å². The number of rotatable bonds is 8. The summed E-state index contributed by atoms with van der Waals surface area (Å²) in [5, 5.41) is 11.4. The highest BCUT2D eigenvalue weighted by molar-refractivity contribution is 5.78. The number of carbonyl (C=O) groups is 2. The summed E-state index contributed by atoms with van der Waals surface area (Å²) in [6.07, 6.45) is 3.73. The number of carboxylic acids is 1. The van der Waals surface area contributed by atoms with Crippen molar-refractivity contribution in [3.63, 3.8) is 0 Å². The van der Waals surface area contributed by atoms with Gasteiger partial charge in [-0.25, -0.2) is 0 Å². The Hall–Kier alpha value is -1.95. The molecule has 4 N–H and O–H groups in total. The molecule has 6 heteroatoms. The molecule has 0 unspecified atom stereocenters. The Kier molecular flexibility index (Phi) is 6.52. The van der Waals surface area contributed by atoms with E-state index in [1.807, 2.05) is 6.07 Å². The fraction of sp³-hybridized carbons (Fsp3) is 0.462. The van der Waals surface area contributed by atoms with E-state index in [1.54, 1.807) is 18.3 Å². The molecule has 19 heavy (non-hydrogen) atoms. The summed E-state index contributed by atoms with van der Waals surface area (Å²) >= 11 is 0. The zero-order valence-corrected chi connectivity index (χ0v) is 10.7. The maximum Gasteiger partial charge on any atom is 0.320 e. The molecule has 0 spiro atoms. The van der Waals surface area contributed by atoms with Gasteiger partial charge in [-0.3, -0.25) is 14.6 Å². The lowest BCUT2D eigenvalue weighted by molar-refractivity contribution is -0.138. The predicted molar refractivity (Wildman–Crippen MR) is 70.4 cm³/mol. The van der Waals surface area contributed by atoms with Crippen molar-refractivity contribution >= 4 is 11.9 Å². The van der Waals surface area contributed by atoms with Crippen molar-refractivity contribution in [3.8, 4) is 0 Å². The summed E-state index contributed by atoms with van der Waals surface area (Å²) in [6.45, 7) is 0.526. The molecule has 0 aliphatic heterocycles. The number of nitrogens with zero attached hydrogens (tertiary/aromatic N) is 1. The number of carboxylic acid groups (broad SMARTS) is 1. The molecule has 0 saturated carbocycles. The Morgan fingerprint density at radius 3 is 2.79 bits per heavy atom. The third-order valence-corrected chi connectivity index (χ3v) is 2.65. The minimum absolute atomic E-state index is 0.0822. The Labute approximate surface area is 112 Å². The highest BCUT2D eigenvalue weighted by Gasteiger charge is 2.10. The zero-order chi connectivity index (χ0) is 14.1. The summed E-state index contributed by atoms with van der Waals surface area (Å²) in [7, 11) is 0. The van der Waals surface area contributed by atoms with Gasteiger partial charge in [0.25, 0.3) is 0 Å². The van der Waals surface area contributed by atoms with Gasteiger partial charge in [0.1, 0.15) is 6.04 Å². The van der Waals surface area contributed by atoms with Crippen molar-refractivity contribution < 1.29 is 14.7 Å². The lowest BCUT2D eigenvalue weighted by Crippen LogP contribution is -2.30. The average molecular weight is 265 g/mol. The molecular formula is C13H19N3O3. The van der Waals surface area contributed by atoms with E-state index in [4.69, 9.17) is 10.8 Å². The normalized spacial score (nSPS) is 11.8. The first-order valence-electron chi connectivity index (χ1n) is 6.24. The van der Waals surface area contributed by atoms with Crippen LogP contribution in [-0.2, 0) is 16.0 Å². The standard InChI is InChI=1S/C13H19N3O3/c14-11(13(18)19)6-2-4-8-16-12(17)9-10-5-1-3-7-15-10/h1,3,5,7,11H,2,4,6,8-9,14H2,(H,16,17)(H,18,19)/t11-/m0/s1. The first kappa shape index (κ1) is 15.1. The summed E-state index contributed by atoms with van der Waals surface area (Å²) in [5.74, 6) is -1.07. The molecule has 6 nitrogen and oxygen atoms in total. The van der Waals surface area contributed by atoms with Crippen LogP contribution in [0.3, 0.4) is 0 Å². The van der Waals surface area contributed by atoms with E-state index in [1.165, 1.54) is 0 Å². The number of aromatic nitrogens is 1. The third kappa shape index (κ3) is 6.52. The molecule has 1 aromatic heterocycles. The van der Waals surface area contributed by atoms with E-state index in [0.29, 0.717) is 19.4 Å². The molecule has 1 aromatic rings. The van der Waals surface area contributed by atoms with E-state index in [0.717, 1.165) is 12.1 Å². The van der Waals surface area contributed by atoms with Gasteiger partial charge >= 0.3 is 5.97 Å². The smallest absolute Gasteiger partial charge is 0.320 e. The van der Waals surface area contributed by atoms with Gasteiger partial charge in [0, 0.05) is 18.4 Å². The maximum absolute atomic E-state index is 11.5. The number of amides is 1. The summed E-state index contributed by atoms with van der Waals surface area (Å²) in [5.41, 5.74) is 6.10. The van der Waals surface area contributed by atoms with Crippen LogP contribution in [0.5, 0.6) is 0 Å². The van der Waals surface area contributed by atoms with Crippen LogP contribution in [0, 0.1) is 0 Å². The van der Waals surface area contributed by atoms with Crippen molar-refractivity contribution in [3.05, 3.63) is 30.1 Å². The van der Waals surface area contributed by atoms with Crippen molar-refractivity contribution in [2.45, 2.75) is 31.7 Å². The van der Waals surface area contributed by atoms with Crippen molar-refractivity contribution in [2.75, 3.05) is 6.54 Å². The quantitative estimate of drug-likeness (QED) is 0.587. The zero-order valence-electron chi connectivity index (χ0n) is 10.7. The number of carbonyl (C=O) groups excluding carboxylic acids is 1. The molecule has 1 atom stereocenters. The molecule has 0 bridgehead atoms. The molecule has 0 fully saturated rings. The highest BCUT2D eigenvalue weighted by atomic mass is 16.4. The van der Waals surface area contributed by atoms with Crippen LogP contribution < -0.4 is 11.1 Å². The van der Waals surface area contributed by atoms with Gasteiger partial charge in [0.15, 0.2) is 0 Å². The van der Waals surface area contributed by atoms with Crippen LogP contribution in [-0.4, -0.2) is 34.6 Å². The Morgan fingerprint density at radius 2 is 2.16 bits per heavy atom. The van der Waals surface area contributed by atoms with Crippen molar-refractivity contribution in [1.82, 2.24) is 10.3 Å². The lowest BCUT2D eigenvalue weighted by atomic mass is 10.1. The monoisotopic (exact) mass is 265 g/mol. The second-order valence-corrected chi connectivity index (χ2v) is 4.29. The van der Waals surface area contributed by atoms with E-state index in [2.05, 4.69) is 10.3 Å². The second-order valence-electron chi connectivity index (χ2n) is 4.29. The Morgan fingerprint density at radius 1 is 1.37 bits per heavy atom. The molecule has 1 rings (SSSR count). The first-order valence-corrected chi connectivity index (χ1v) is 6.24. The lowest BCUT2D eigenvalue weighted by Gasteiger charge is -2.07. The van der Waals surface area contributed by atoms with Gasteiger partial charge in [0.05, 0.1) is 6.42 Å². The number of hydrogen-bond donors (Lipinski definition) is 3. The van der Waals surface area contributed by atoms with Crippen molar-refractivity contribution in [1.29, 1.82) is 0 Å². The molecule has 0 radical (unpaired) electrons. The van der Waals surface area contributed by atoms with Gasteiger partial charge in [-0.1, -0.05) is 6.07 Å². The fourth-order valence-electron chi connectivity index (χ4n) is 1.57. The highest BCUT2D eigenvalue weighted by Crippen LogP contribution is 1.99. The fourth-order valence-corrected chi connectivity index (χ4v) is 1.57. The van der Waals surface area contributed by atoms with Gasteiger partial charge in [-0.15, -0.1) is 0 Å². The number of pyridine rings is 1. The van der Waals surface area contributed by atoms with Crippen LogP contribution in [0.4, 0.5) is 0 Å². The minimum Gasteiger partial charge on any atom is -0.480 e. The summed E-state index contributed by atoms with van der Waals surface area (Å²) < 4.78 is 0. The predicted octanol–water partition coefficient (Wildman–Crippen LogP) is 0.322.